The maximum atomic E-state index is 14.5. The van der Waals surface area contributed by atoms with Crippen LogP contribution in [0.5, 0.6) is 0 Å². The van der Waals surface area contributed by atoms with Crippen LogP contribution in [0.15, 0.2) is 60.7 Å². The molecule has 15 nitrogen and oxygen atoms in total. The molecule has 3 fully saturated rings. The van der Waals surface area contributed by atoms with Crippen LogP contribution in [0.4, 0.5) is 9.59 Å². The van der Waals surface area contributed by atoms with Gasteiger partial charge >= 0.3 is 24.2 Å². The maximum Gasteiger partial charge on any atom is 0.509 e. The van der Waals surface area contributed by atoms with Gasteiger partial charge in [-0.25, -0.2) is 14.4 Å². The Balaban J connectivity index is 1.58. The predicted molar refractivity (Wildman–Crippen MR) is 225 cm³/mol. The number of nitrogens with one attached hydrogen (secondary N) is 1. The summed E-state index contributed by atoms with van der Waals surface area (Å²) in [6, 6.07) is 17.2. The first-order valence-corrected chi connectivity index (χ1v) is 21.5. The highest BCUT2D eigenvalue weighted by atomic mass is 16.8. The van der Waals surface area contributed by atoms with Crippen LogP contribution in [0.2, 0.25) is 0 Å². The molecule has 14 atom stereocenters. The van der Waals surface area contributed by atoms with E-state index in [0.717, 1.165) is 5.56 Å². The van der Waals surface area contributed by atoms with Gasteiger partial charge in [0.15, 0.2) is 24.1 Å². The number of rotatable bonds is 9. The van der Waals surface area contributed by atoms with Gasteiger partial charge in [-0.05, 0) is 98.6 Å². The van der Waals surface area contributed by atoms with Crippen molar-refractivity contribution in [2.45, 2.75) is 147 Å². The summed E-state index contributed by atoms with van der Waals surface area (Å²) in [7, 11) is 5.68. The third kappa shape index (κ3) is 11.4. The van der Waals surface area contributed by atoms with E-state index in [4.69, 9.17) is 33.2 Å². The molecule has 338 valence electrons. The van der Waals surface area contributed by atoms with Crippen molar-refractivity contribution in [1.82, 2.24) is 15.1 Å². The summed E-state index contributed by atoms with van der Waals surface area (Å²) in [5.41, 5.74) is -1.83. The Hall–Kier alpha value is -4.28. The number of cyclic esters (lactones) is 1. The minimum atomic E-state index is -1.66. The van der Waals surface area contributed by atoms with Gasteiger partial charge in [0, 0.05) is 25.0 Å². The standard InChI is InChI=1S/C46H67N3O12/c1-12-35-46(8)39(60-44(53)61-46)31(6)49(11)26-27(2)24-45(7,54)38(29(4)36(30(5)40(50)56-35)58-43(52)47-25-32-19-15-13-16-20-32)59-42-37(34(48(9)10)23-28(3)55-42)57-41(51)33-21-17-14-18-22-33/h13-22,27-31,34-39,42,54H,12,23-26H2,1-11H3,(H,47,52)/t27-,28-,29+,30-,31-,34+,35-,36+,37-,38-,39-,42+,45-,46-/m1/s1. The van der Waals surface area contributed by atoms with Gasteiger partial charge in [-0.2, -0.15) is 0 Å². The molecule has 0 saturated carbocycles. The Morgan fingerprint density at radius 3 is 2.20 bits per heavy atom. The lowest BCUT2D eigenvalue weighted by molar-refractivity contribution is -0.298. The van der Waals surface area contributed by atoms with Crippen LogP contribution in [0.1, 0.15) is 90.6 Å². The van der Waals surface area contributed by atoms with Crippen molar-refractivity contribution in [1.29, 1.82) is 0 Å². The summed E-state index contributed by atoms with van der Waals surface area (Å²) < 4.78 is 43.7. The number of ether oxygens (including phenoxy) is 7. The van der Waals surface area contributed by atoms with Crippen LogP contribution in [-0.2, 0) is 44.5 Å². The van der Waals surface area contributed by atoms with E-state index in [1.807, 2.05) is 95.0 Å². The number of carbonyl (C=O) groups excluding carboxylic acids is 4. The van der Waals surface area contributed by atoms with E-state index in [-0.39, 0.29) is 37.5 Å². The molecule has 3 aliphatic heterocycles. The molecule has 0 aliphatic carbocycles. The van der Waals surface area contributed by atoms with Crippen LogP contribution in [0, 0.1) is 17.8 Å². The van der Waals surface area contributed by atoms with E-state index in [1.165, 1.54) is 0 Å². The first-order valence-electron chi connectivity index (χ1n) is 21.5. The van der Waals surface area contributed by atoms with Crippen LogP contribution in [-0.4, -0.2) is 133 Å². The molecule has 2 aromatic carbocycles. The highest BCUT2D eigenvalue weighted by Gasteiger charge is 2.58. The fourth-order valence-electron chi connectivity index (χ4n) is 9.36. The Labute approximate surface area is 360 Å². The molecule has 15 heteroatoms. The minimum absolute atomic E-state index is 0.150. The monoisotopic (exact) mass is 853 g/mol. The quantitative estimate of drug-likeness (QED) is 0.224. The zero-order valence-corrected chi connectivity index (χ0v) is 37.6. The molecule has 0 spiro atoms. The lowest BCUT2D eigenvalue weighted by Gasteiger charge is -2.47. The molecule has 0 bridgehead atoms. The Morgan fingerprint density at radius 1 is 0.934 bits per heavy atom. The lowest BCUT2D eigenvalue weighted by atomic mass is 9.77. The van der Waals surface area contributed by atoms with Crippen molar-refractivity contribution in [2.75, 3.05) is 27.7 Å². The van der Waals surface area contributed by atoms with Crippen molar-refractivity contribution in [3.8, 4) is 0 Å². The first kappa shape index (κ1) is 47.8. The van der Waals surface area contributed by atoms with E-state index >= 15 is 0 Å². The van der Waals surface area contributed by atoms with Gasteiger partial charge in [-0.1, -0.05) is 69.3 Å². The number of hydrogen-bond donors (Lipinski definition) is 2. The molecule has 3 saturated heterocycles. The van der Waals surface area contributed by atoms with E-state index < -0.39 is 90.1 Å². The molecule has 3 heterocycles. The van der Waals surface area contributed by atoms with Gasteiger partial charge < -0.3 is 48.5 Å². The molecule has 61 heavy (non-hydrogen) atoms. The number of benzene rings is 2. The number of hydrogen-bond acceptors (Lipinski definition) is 14. The number of esters is 2. The van der Waals surface area contributed by atoms with Crippen molar-refractivity contribution in [2.24, 2.45) is 17.8 Å². The topological polar surface area (TPSA) is 172 Å². The summed E-state index contributed by atoms with van der Waals surface area (Å²) >= 11 is 0. The summed E-state index contributed by atoms with van der Waals surface area (Å²) in [4.78, 5) is 58.6. The largest absolute Gasteiger partial charge is 0.509 e. The molecular weight excluding hydrogens is 787 g/mol. The summed E-state index contributed by atoms with van der Waals surface area (Å²) in [5, 5.41) is 15.6. The molecule has 3 aliphatic rings. The highest BCUT2D eigenvalue weighted by Crippen LogP contribution is 2.40. The second kappa shape index (κ2) is 20.3. The van der Waals surface area contributed by atoms with E-state index in [0.29, 0.717) is 18.5 Å². The third-order valence-electron chi connectivity index (χ3n) is 12.6. The molecule has 0 radical (unpaired) electrons. The van der Waals surface area contributed by atoms with Crippen LogP contribution >= 0.6 is 0 Å². The Bertz CT molecular complexity index is 1780. The zero-order valence-electron chi connectivity index (χ0n) is 37.6. The third-order valence-corrected chi connectivity index (χ3v) is 12.6. The number of aliphatic hydroxyl groups is 1. The fourth-order valence-corrected chi connectivity index (χ4v) is 9.36. The molecule has 2 aromatic rings. The Kier molecular flexibility index (Phi) is 15.9. The van der Waals surface area contributed by atoms with Crippen LogP contribution in [0.25, 0.3) is 0 Å². The lowest BCUT2D eigenvalue weighted by Crippen LogP contribution is -2.60. The first-order chi connectivity index (χ1) is 28.7. The van der Waals surface area contributed by atoms with E-state index in [1.54, 1.807) is 52.0 Å². The average molecular weight is 854 g/mol. The van der Waals surface area contributed by atoms with Crippen molar-refractivity contribution >= 4 is 24.2 Å². The van der Waals surface area contributed by atoms with Gasteiger partial charge in [0.2, 0.25) is 0 Å². The zero-order chi connectivity index (χ0) is 44.8. The SMILES string of the molecule is CC[C@H]1OC(=O)[C@H](C)[C@@H](OC(=O)NCc2ccccc2)[C@H](C)[C@@H](O[C@@H]2O[C@H](C)C[C@H](N(C)C)[C@H]2OC(=O)c2ccccc2)[C@](C)(O)C[C@@H](C)CN(C)[C@H](C)[C@H]2OC(=O)O[C@@]21C. The second-order valence-electron chi connectivity index (χ2n) is 18.0. The van der Waals surface area contributed by atoms with Gasteiger partial charge in [0.25, 0.3) is 0 Å². The Morgan fingerprint density at radius 2 is 1.57 bits per heavy atom. The van der Waals surface area contributed by atoms with E-state index in [2.05, 4.69) is 5.32 Å². The number of likely N-dealkylation sites (N-methyl/N-ethyl adjacent to an activating group) is 2. The van der Waals surface area contributed by atoms with Crippen LogP contribution in [0.3, 0.4) is 0 Å². The molecule has 0 aromatic heterocycles. The number of alkyl carbamates (subject to hydrolysis) is 1. The average Bonchev–Trinajstić information content (AvgIpc) is 3.53. The molecule has 1 amide bonds. The van der Waals surface area contributed by atoms with Gasteiger partial charge in [0.1, 0.15) is 12.2 Å². The van der Waals surface area contributed by atoms with Crippen molar-refractivity contribution in [3.63, 3.8) is 0 Å². The number of amides is 1. The van der Waals surface area contributed by atoms with Gasteiger partial charge in [-0.3, -0.25) is 9.69 Å². The van der Waals surface area contributed by atoms with E-state index in [9.17, 15) is 24.3 Å². The van der Waals surface area contributed by atoms with Gasteiger partial charge in [0.05, 0.1) is 35.3 Å². The molecule has 0 unspecified atom stereocenters. The number of carbonyl (C=O) groups is 4. The van der Waals surface area contributed by atoms with Crippen LogP contribution < -0.4 is 5.32 Å². The highest BCUT2D eigenvalue weighted by molar-refractivity contribution is 5.89. The smallest absolute Gasteiger partial charge is 0.458 e. The second-order valence-corrected chi connectivity index (χ2v) is 18.0. The maximum absolute atomic E-state index is 14.5. The number of nitrogens with zero attached hydrogens (tertiary/aromatic N) is 2. The predicted octanol–water partition coefficient (Wildman–Crippen LogP) is 5.96. The summed E-state index contributed by atoms with van der Waals surface area (Å²) in [5.74, 6) is -3.52. The molecule has 5 rings (SSSR count). The minimum Gasteiger partial charge on any atom is -0.458 e. The van der Waals surface area contributed by atoms with Gasteiger partial charge in [-0.15, -0.1) is 0 Å². The van der Waals surface area contributed by atoms with Crippen molar-refractivity contribution < 1.29 is 57.4 Å². The normalized spacial score (nSPS) is 36.6. The number of fused-ring (bicyclic) bond motifs is 1. The molecule has 2 N–H and O–H groups in total. The molecular formula is C46H67N3O12. The summed E-state index contributed by atoms with van der Waals surface area (Å²) in [6.07, 6.45) is -7.34. The van der Waals surface area contributed by atoms with Crippen molar-refractivity contribution in [3.05, 3.63) is 71.8 Å². The fraction of sp³-hybridized carbons (Fsp3) is 0.652. The summed E-state index contributed by atoms with van der Waals surface area (Å²) in [6.45, 7) is 14.9.